The average Bonchev–Trinajstić information content (AvgIpc) is 2.30. The molecule has 0 aliphatic rings. The number of hydrogen-bond donors (Lipinski definition) is 1. The standard InChI is InChI=1S/C16H20N2O/c1-10(2)7-13-9-15(19)18-16(17-13)14-8-11(3)5-6-12(14)4/h5-6,8-10H,7H2,1-4H3,(H,17,18,19). The molecule has 0 bridgehead atoms. The van der Waals surface area contributed by atoms with Crippen molar-refractivity contribution in [1.29, 1.82) is 0 Å². The minimum atomic E-state index is -0.0819. The smallest absolute Gasteiger partial charge is 0.251 e. The van der Waals surface area contributed by atoms with Crippen molar-refractivity contribution in [3.05, 3.63) is 51.4 Å². The SMILES string of the molecule is Cc1ccc(C)c(-c2nc(CC(C)C)cc(=O)[nH]2)c1. The Bertz CT molecular complexity index is 641. The Hall–Kier alpha value is -1.90. The molecule has 2 rings (SSSR count). The Morgan fingerprint density at radius 1 is 1.21 bits per heavy atom. The van der Waals surface area contributed by atoms with Gasteiger partial charge in [-0.25, -0.2) is 4.98 Å². The fraction of sp³-hybridized carbons (Fsp3) is 0.375. The first kappa shape index (κ1) is 13.5. The molecule has 0 amide bonds. The van der Waals surface area contributed by atoms with Gasteiger partial charge in [0.15, 0.2) is 0 Å². The third-order valence-electron chi connectivity index (χ3n) is 3.06. The van der Waals surface area contributed by atoms with E-state index in [4.69, 9.17) is 0 Å². The van der Waals surface area contributed by atoms with Gasteiger partial charge >= 0.3 is 0 Å². The van der Waals surface area contributed by atoms with Crippen molar-refractivity contribution >= 4 is 0 Å². The lowest BCUT2D eigenvalue weighted by Crippen LogP contribution is -2.12. The highest BCUT2D eigenvalue weighted by molar-refractivity contribution is 5.60. The summed E-state index contributed by atoms with van der Waals surface area (Å²) in [6.07, 6.45) is 0.821. The lowest BCUT2D eigenvalue weighted by atomic mass is 10.0. The van der Waals surface area contributed by atoms with Crippen LogP contribution in [0, 0.1) is 19.8 Å². The topological polar surface area (TPSA) is 45.8 Å². The van der Waals surface area contributed by atoms with Gasteiger partial charge in [-0.05, 0) is 37.8 Å². The molecule has 0 aliphatic carbocycles. The summed E-state index contributed by atoms with van der Waals surface area (Å²) in [6.45, 7) is 8.32. The molecule has 2 aromatic rings. The number of H-pyrrole nitrogens is 1. The lowest BCUT2D eigenvalue weighted by molar-refractivity contribution is 0.634. The molecule has 0 saturated carbocycles. The Labute approximate surface area is 113 Å². The fourth-order valence-corrected chi connectivity index (χ4v) is 2.15. The zero-order chi connectivity index (χ0) is 14.0. The first-order valence-electron chi connectivity index (χ1n) is 6.63. The van der Waals surface area contributed by atoms with E-state index in [0.29, 0.717) is 11.7 Å². The van der Waals surface area contributed by atoms with E-state index in [2.05, 4.69) is 42.0 Å². The van der Waals surface area contributed by atoms with Crippen LogP contribution in [0.1, 0.15) is 30.7 Å². The van der Waals surface area contributed by atoms with Crippen molar-refractivity contribution < 1.29 is 0 Å². The predicted molar refractivity (Wildman–Crippen MR) is 78.3 cm³/mol. The summed E-state index contributed by atoms with van der Waals surface area (Å²) in [5, 5.41) is 0. The first-order chi connectivity index (χ1) is 8.95. The summed E-state index contributed by atoms with van der Waals surface area (Å²) in [6, 6.07) is 7.77. The second kappa shape index (κ2) is 5.39. The second-order valence-electron chi connectivity index (χ2n) is 5.50. The number of nitrogens with one attached hydrogen (secondary N) is 1. The van der Waals surface area contributed by atoms with E-state index >= 15 is 0 Å². The van der Waals surface area contributed by atoms with Crippen LogP contribution in [0.4, 0.5) is 0 Å². The van der Waals surface area contributed by atoms with Crippen molar-refractivity contribution in [2.24, 2.45) is 5.92 Å². The number of aryl methyl sites for hydroxylation is 2. The third-order valence-corrected chi connectivity index (χ3v) is 3.06. The maximum absolute atomic E-state index is 11.8. The van der Waals surface area contributed by atoms with Crippen LogP contribution in [0.5, 0.6) is 0 Å². The van der Waals surface area contributed by atoms with E-state index in [9.17, 15) is 4.79 Å². The van der Waals surface area contributed by atoms with Gasteiger partial charge in [-0.3, -0.25) is 4.79 Å². The van der Waals surface area contributed by atoms with E-state index in [0.717, 1.165) is 28.8 Å². The van der Waals surface area contributed by atoms with Gasteiger partial charge < -0.3 is 4.98 Å². The molecule has 1 N–H and O–H groups in total. The highest BCUT2D eigenvalue weighted by atomic mass is 16.1. The summed E-state index contributed by atoms with van der Waals surface area (Å²) in [4.78, 5) is 19.2. The van der Waals surface area contributed by atoms with Crippen molar-refractivity contribution in [2.45, 2.75) is 34.1 Å². The van der Waals surface area contributed by atoms with Crippen molar-refractivity contribution in [2.75, 3.05) is 0 Å². The third kappa shape index (κ3) is 3.31. The Morgan fingerprint density at radius 3 is 2.63 bits per heavy atom. The first-order valence-corrected chi connectivity index (χ1v) is 6.63. The number of hydrogen-bond acceptors (Lipinski definition) is 2. The summed E-state index contributed by atoms with van der Waals surface area (Å²) < 4.78 is 0. The zero-order valence-corrected chi connectivity index (χ0v) is 11.9. The van der Waals surface area contributed by atoms with Gasteiger partial charge in [0.05, 0.1) is 0 Å². The normalized spacial score (nSPS) is 11.0. The quantitative estimate of drug-likeness (QED) is 0.916. The Balaban J connectivity index is 2.53. The summed E-state index contributed by atoms with van der Waals surface area (Å²) in [5.74, 6) is 1.16. The van der Waals surface area contributed by atoms with Gasteiger partial charge in [0.2, 0.25) is 0 Å². The summed E-state index contributed by atoms with van der Waals surface area (Å²) in [7, 11) is 0. The summed E-state index contributed by atoms with van der Waals surface area (Å²) in [5.41, 5.74) is 4.06. The number of aromatic nitrogens is 2. The maximum atomic E-state index is 11.8. The van der Waals surface area contributed by atoms with E-state index in [-0.39, 0.29) is 5.56 Å². The largest absolute Gasteiger partial charge is 0.307 e. The molecule has 0 atom stereocenters. The molecule has 3 heteroatoms. The van der Waals surface area contributed by atoms with E-state index in [1.807, 2.05) is 13.8 Å². The molecule has 0 unspecified atom stereocenters. The number of benzene rings is 1. The number of nitrogens with zero attached hydrogens (tertiary/aromatic N) is 1. The van der Waals surface area contributed by atoms with Crippen LogP contribution >= 0.6 is 0 Å². The molecule has 1 heterocycles. The molecule has 100 valence electrons. The average molecular weight is 256 g/mol. The minimum absolute atomic E-state index is 0.0819. The van der Waals surface area contributed by atoms with E-state index in [1.54, 1.807) is 6.07 Å². The molecule has 0 fully saturated rings. The maximum Gasteiger partial charge on any atom is 0.251 e. The Morgan fingerprint density at radius 2 is 1.95 bits per heavy atom. The van der Waals surface area contributed by atoms with Crippen LogP contribution in [-0.4, -0.2) is 9.97 Å². The van der Waals surface area contributed by atoms with Crippen LogP contribution in [0.3, 0.4) is 0 Å². The monoisotopic (exact) mass is 256 g/mol. The molecule has 0 saturated heterocycles. The van der Waals surface area contributed by atoms with Crippen molar-refractivity contribution in [3.63, 3.8) is 0 Å². The fourth-order valence-electron chi connectivity index (χ4n) is 2.15. The van der Waals surface area contributed by atoms with Crippen LogP contribution in [0.15, 0.2) is 29.1 Å². The van der Waals surface area contributed by atoms with Crippen molar-refractivity contribution in [1.82, 2.24) is 9.97 Å². The van der Waals surface area contributed by atoms with Crippen LogP contribution in [-0.2, 0) is 6.42 Å². The number of rotatable bonds is 3. The molecule has 0 radical (unpaired) electrons. The number of aromatic amines is 1. The van der Waals surface area contributed by atoms with E-state index in [1.165, 1.54) is 0 Å². The lowest BCUT2D eigenvalue weighted by Gasteiger charge is -2.09. The van der Waals surface area contributed by atoms with Crippen LogP contribution in [0.25, 0.3) is 11.4 Å². The predicted octanol–water partition coefficient (Wildman–Crippen LogP) is 3.25. The molecular formula is C16H20N2O. The van der Waals surface area contributed by atoms with Crippen molar-refractivity contribution in [3.8, 4) is 11.4 Å². The molecule has 0 spiro atoms. The molecule has 19 heavy (non-hydrogen) atoms. The Kier molecular flexibility index (Phi) is 3.84. The second-order valence-corrected chi connectivity index (χ2v) is 5.50. The van der Waals surface area contributed by atoms with Gasteiger partial charge in [0.1, 0.15) is 5.82 Å². The summed E-state index contributed by atoms with van der Waals surface area (Å²) >= 11 is 0. The highest BCUT2D eigenvalue weighted by Crippen LogP contribution is 2.20. The molecule has 1 aromatic carbocycles. The molecule has 0 aliphatic heterocycles. The van der Waals surface area contributed by atoms with Crippen LogP contribution < -0.4 is 5.56 Å². The van der Waals surface area contributed by atoms with Gasteiger partial charge in [0, 0.05) is 17.3 Å². The van der Waals surface area contributed by atoms with Gasteiger partial charge in [-0.2, -0.15) is 0 Å². The van der Waals surface area contributed by atoms with Gasteiger partial charge in [0.25, 0.3) is 5.56 Å². The van der Waals surface area contributed by atoms with Crippen LogP contribution in [0.2, 0.25) is 0 Å². The molecule has 3 nitrogen and oxygen atoms in total. The van der Waals surface area contributed by atoms with Gasteiger partial charge in [-0.1, -0.05) is 31.5 Å². The zero-order valence-electron chi connectivity index (χ0n) is 11.9. The van der Waals surface area contributed by atoms with Gasteiger partial charge in [-0.15, -0.1) is 0 Å². The molecular weight excluding hydrogens is 236 g/mol. The minimum Gasteiger partial charge on any atom is -0.307 e. The molecule has 1 aromatic heterocycles. The highest BCUT2D eigenvalue weighted by Gasteiger charge is 2.08. The van der Waals surface area contributed by atoms with E-state index < -0.39 is 0 Å².